The molecule has 1 atom stereocenters. The summed E-state index contributed by atoms with van der Waals surface area (Å²) in [5.41, 5.74) is -0.847. The fourth-order valence-electron chi connectivity index (χ4n) is 2.19. The van der Waals surface area contributed by atoms with Crippen LogP contribution in [0.5, 0.6) is 0 Å². The minimum absolute atomic E-state index is 0.0638. The normalized spacial score (nSPS) is 18.6. The molecular formula is C14H26N4O3. The second kappa shape index (κ2) is 7.40. The summed E-state index contributed by atoms with van der Waals surface area (Å²) in [5.74, 6) is -0.306. The van der Waals surface area contributed by atoms with Gasteiger partial charge in [0.15, 0.2) is 0 Å². The van der Waals surface area contributed by atoms with Gasteiger partial charge in [-0.25, -0.2) is 4.79 Å². The van der Waals surface area contributed by atoms with E-state index < -0.39 is 5.54 Å². The summed E-state index contributed by atoms with van der Waals surface area (Å²) in [5, 5.41) is 8.64. The van der Waals surface area contributed by atoms with Crippen molar-refractivity contribution in [2.45, 2.75) is 52.1 Å². The zero-order valence-electron chi connectivity index (χ0n) is 13.3. The Morgan fingerprint density at radius 3 is 2.57 bits per heavy atom. The summed E-state index contributed by atoms with van der Waals surface area (Å²) in [6.07, 6.45) is 0.771. The number of carbonyl (C=O) groups excluding carboxylic acids is 3. The van der Waals surface area contributed by atoms with Gasteiger partial charge in [0.2, 0.25) is 5.91 Å². The third kappa shape index (κ3) is 5.00. The fraction of sp³-hybridized carbons (Fsp3) is 0.786. The maximum Gasteiger partial charge on any atom is 0.325 e. The van der Waals surface area contributed by atoms with Crippen molar-refractivity contribution in [2.24, 2.45) is 0 Å². The Morgan fingerprint density at radius 1 is 1.38 bits per heavy atom. The second-order valence-corrected chi connectivity index (χ2v) is 5.88. The van der Waals surface area contributed by atoms with Crippen LogP contribution in [0.25, 0.3) is 0 Å². The molecule has 120 valence electrons. The Hall–Kier alpha value is -1.63. The Kier molecular flexibility index (Phi) is 6.14. The molecular weight excluding hydrogens is 272 g/mol. The van der Waals surface area contributed by atoms with Gasteiger partial charge in [-0.1, -0.05) is 6.92 Å². The Labute approximate surface area is 125 Å². The molecule has 1 fully saturated rings. The fourth-order valence-corrected chi connectivity index (χ4v) is 2.19. The smallest absolute Gasteiger partial charge is 0.325 e. The molecule has 0 aromatic heterocycles. The summed E-state index contributed by atoms with van der Waals surface area (Å²) < 4.78 is 0. The van der Waals surface area contributed by atoms with E-state index in [4.69, 9.17) is 0 Å². The largest absolute Gasteiger partial charge is 0.355 e. The number of hydrogen-bond acceptors (Lipinski definition) is 4. The molecule has 0 radical (unpaired) electrons. The van der Waals surface area contributed by atoms with E-state index in [-0.39, 0.29) is 30.4 Å². The van der Waals surface area contributed by atoms with Crippen molar-refractivity contribution in [1.82, 2.24) is 20.9 Å². The lowest BCUT2D eigenvalue weighted by Gasteiger charge is -2.16. The van der Waals surface area contributed by atoms with Gasteiger partial charge in [-0.05, 0) is 33.7 Å². The Balaban J connectivity index is 2.26. The van der Waals surface area contributed by atoms with E-state index in [1.165, 1.54) is 4.90 Å². The average molecular weight is 298 g/mol. The molecule has 1 aliphatic rings. The van der Waals surface area contributed by atoms with Crippen LogP contribution < -0.4 is 16.0 Å². The van der Waals surface area contributed by atoms with E-state index in [0.717, 1.165) is 6.54 Å². The van der Waals surface area contributed by atoms with Crippen LogP contribution in [0.4, 0.5) is 4.79 Å². The van der Waals surface area contributed by atoms with Gasteiger partial charge in [-0.15, -0.1) is 0 Å². The minimum Gasteiger partial charge on any atom is -0.355 e. The highest BCUT2D eigenvalue weighted by atomic mass is 16.2. The zero-order chi connectivity index (χ0) is 16.0. The first-order valence-electron chi connectivity index (χ1n) is 7.42. The van der Waals surface area contributed by atoms with E-state index in [0.29, 0.717) is 19.4 Å². The quantitative estimate of drug-likeness (QED) is 0.559. The molecule has 0 aliphatic carbocycles. The van der Waals surface area contributed by atoms with Gasteiger partial charge in [-0.2, -0.15) is 0 Å². The lowest BCUT2D eigenvalue weighted by molar-refractivity contribution is -0.130. The SMILES string of the molecule is CCN[C@H](C)CNC(=O)CCCN1C(=O)NC(C)(C)C1=O. The number of hydrogen-bond donors (Lipinski definition) is 3. The first-order chi connectivity index (χ1) is 9.77. The van der Waals surface area contributed by atoms with E-state index >= 15 is 0 Å². The second-order valence-electron chi connectivity index (χ2n) is 5.88. The molecule has 7 nitrogen and oxygen atoms in total. The van der Waals surface area contributed by atoms with Crippen LogP contribution in [-0.4, -0.2) is 54.0 Å². The molecule has 0 saturated carbocycles. The van der Waals surface area contributed by atoms with Crippen LogP contribution in [0.1, 0.15) is 40.5 Å². The van der Waals surface area contributed by atoms with Crippen LogP contribution in [0.15, 0.2) is 0 Å². The summed E-state index contributed by atoms with van der Waals surface area (Å²) in [7, 11) is 0. The van der Waals surface area contributed by atoms with Gasteiger partial charge < -0.3 is 16.0 Å². The number of nitrogens with zero attached hydrogens (tertiary/aromatic N) is 1. The van der Waals surface area contributed by atoms with Crippen molar-refractivity contribution in [1.29, 1.82) is 0 Å². The van der Waals surface area contributed by atoms with Crippen LogP contribution in [0.2, 0.25) is 0 Å². The van der Waals surface area contributed by atoms with Crippen molar-refractivity contribution < 1.29 is 14.4 Å². The van der Waals surface area contributed by atoms with Gasteiger partial charge >= 0.3 is 6.03 Å². The molecule has 1 rings (SSSR count). The molecule has 0 spiro atoms. The molecule has 0 aromatic carbocycles. The third-order valence-corrected chi connectivity index (χ3v) is 3.39. The van der Waals surface area contributed by atoms with Crippen molar-refractivity contribution in [3.8, 4) is 0 Å². The molecule has 21 heavy (non-hydrogen) atoms. The minimum atomic E-state index is -0.847. The number of carbonyl (C=O) groups is 3. The van der Waals surface area contributed by atoms with Crippen molar-refractivity contribution in [2.75, 3.05) is 19.6 Å². The van der Waals surface area contributed by atoms with Gasteiger partial charge in [0, 0.05) is 25.6 Å². The van der Waals surface area contributed by atoms with Crippen LogP contribution in [-0.2, 0) is 9.59 Å². The van der Waals surface area contributed by atoms with Gasteiger partial charge in [0.1, 0.15) is 5.54 Å². The predicted molar refractivity (Wildman–Crippen MR) is 79.7 cm³/mol. The summed E-state index contributed by atoms with van der Waals surface area (Å²) >= 11 is 0. The van der Waals surface area contributed by atoms with Gasteiger partial charge in [0.05, 0.1) is 0 Å². The van der Waals surface area contributed by atoms with E-state index in [2.05, 4.69) is 16.0 Å². The molecule has 4 amide bonds. The molecule has 7 heteroatoms. The lowest BCUT2D eigenvalue weighted by atomic mass is 10.1. The molecule has 3 N–H and O–H groups in total. The topological polar surface area (TPSA) is 90.5 Å². The first-order valence-corrected chi connectivity index (χ1v) is 7.42. The maximum absolute atomic E-state index is 11.9. The van der Waals surface area contributed by atoms with Gasteiger partial charge in [-0.3, -0.25) is 14.5 Å². The molecule has 0 bridgehead atoms. The third-order valence-electron chi connectivity index (χ3n) is 3.39. The van der Waals surface area contributed by atoms with Crippen LogP contribution in [0.3, 0.4) is 0 Å². The van der Waals surface area contributed by atoms with Crippen molar-refractivity contribution in [3.05, 3.63) is 0 Å². The van der Waals surface area contributed by atoms with Crippen molar-refractivity contribution >= 4 is 17.8 Å². The highest BCUT2D eigenvalue weighted by Gasteiger charge is 2.43. The molecule has 1 heterocycles. The lowest BCUT2D eigenvalue weighted by Crippen LogP contribution is -2.40. The number of imide groups is 1. The Morgan fingerprint density at radius 2 is 2.05 bits per heavy atom. The number of nitrogens with one attached hydrogen (secondary N) is 3. The summed E-state index contributed by atoms with van der Waals surface area (Å²) in [6, 6.07) is -0.156. The number of urea groups is 1. The standard InChI is InChI=1S/C14H26N4O3/c1-5-15-10(2)9-16-11(19)7-6-8-18-12(20)14(3,4)17-13(18)21/h10,15H,5-9H2,1-4H3,(H,16,19)(H,17,21)/t10-/m1/s1. The van der Waals surface area contributed by atoms with Crippen LogP contribution >= 0.6 is 0 Å². The van der Waals surface area contributed by atoms with E-state index in [1.54, 1.807) is 13.8 Å². The predicted octanol–water partition coefficient (Wildman–Crippen LogP) is 0.211. The number of rotatable bonds is 8. The highest BCUT2D eigenvalue weighted by molar-refractivity contribution is 6.06. The van der Waals surface area contributed by atoms with E-state index in [1.807, 2.05) is 13.8 Å². The average Bonchev–Trinajstić information content (AvgIpc) is 2.58. The number of amides is 4. The van der Waals surface area contributed by atoms with Gasteiger partial charge in [0.25, 0.3) is 5.91 Å². The maximum atomic E-state index is 11.9. The first kappa shape index (κ1) is 17.4. The number of likely N-dealkylation sites (N-methyl/N-ethyl adjacent to an activating group) is 1. The molecule has 1 aliphatic heterocycles. The zero-order valence-corrected chi connectivity index (χ0v) is 13.3. The molecule has 0 unspecified atom stereocenters. The van der Waals surface area contributed by atoms with E-state index in [9.17, 15) is 14.4 Å². The highest BCUT2D eigenvalue weighted by Crippen LogP contribution is 2.16. The summed E-state index contributed by atoms with van der Waals surface area (Å²) in [6.45, 7) is 9.05. The van der Waals surface area contributed by atoms with Crippen molar-refractivity contribution in [3.63, 3.8) is 0 Å². The summed E-state index contributed by atoms with van der Waals surface area (Å²) in [4.78, 5) is 36.4. The monoisotopic (exact) mass is 298 g/mol. The van der Waals surface area contributed by atoms with Crippen LogP contribution in [0, 0.1) is 0 Å². The molecule has 1 saturated heterocycles. The molecule has 0 aromatic rings. The Bertz CT molecular complexity index is 409.